The lowest BCUT2D eigenvalue weighted by Gasteiger charge is -2.26. The summed E-state index contributed by atoms with van der Waals surface area (Å²) >= 11 is 0. The summed E-state index contributed by atoms with van der Waals surface area (Å²) < 4.78 is 0. The quantitative estimate of drug-likeness (QED) is 0.665. The summed E-state index contributed by atoms with van der Waals surface area (Å²) in [6.45, 7) is 1.26. The molecular weight excluding hydrogens is 148 g/mol. The maximum absolute atomic E-state index is 5.84. The number of hydrogen-bond acceptors (Lipinski definition) is 2. The molecule has 2 nitrogen and oxygen atoms in total. The summed E-state index contributed by atoms with van der Waals surface area (Å²) in [5.41, 5.74) is 5.84. The molecule has 0 aliphatic heterocycles. The van der Waals surface area contributed by atoms with Crippen LogP contribution in [0.1, 0.15) is 38.5 Å². The van der Waals surface area contributed by atoms with Gasteiger partial charge in [-0.2, -0.15) is 0 Å². The summed E-state index contributed by atoms with van der Waals surface area (Å²) in [4.78, 5) is 0. The lowest BCUT2D eigenvalue weighted by molar-refractivity contribution is 0.340. The Balaban J connectivity index is 1.60. The molecule has 0 aromatic carbocycles. The molecule has 0 saturated heterocycles. The van der Waals surface area contributed by atoms with Crippen molar-refractivity contribution < 1.29 is 0 Å². The van der Waals surface area contributed by atoms with Crippen molar-refractivity contribution in [2.45, 2.75) is 50.6 Å². The van der Waals surface area contributed by atoms with Crippen molar-refractivity contribution in [3.05, 3.63) is 0 Å². The Morgan fingerprint density at radius 3 is 2.25 bits per heavy atom. The lowest BCUT2D eigenvalue weighted by Crippen LogP contribution is -2.38. The van der Waals surface area contributed by atoms with Gasteiger partial charge in [-0.25, -0.2) is 0 Å². The van der Waals surface area contributed by atoms with Gasteiger partial charge in [0, 0.05) is 12.1 Å². The largest absolute Gasteiger partial charge is 0.328 e. The van der Waals surface area contributed by atoms with E-state index in [0.717, 1.165) is 12.0 Å². The van der Waals surface area contributed by atoms with Crippen LogP contribution in [-0.2, 0) is 0 Å². The fraction of sp³-hybridized carbons (Fsp3) is 1.00. The molecule has 2 heteroatoms. The van der Waals surface area contributed by atoms with Gasteiger partial charge in [0.15, 0.2) is 0 Å². The summed E-state index contributed by atoms with van der Waals surface area (Å²) in [6, 6.07) is 1.27. The van der Waals surface area contributed by atoms with Crippen molar-refractivity contribution in [2.24, 2.45) is 11.7 Å². The third kappa shape index (κ3) is 2.46. The molecule has 2 aliphatic carbocycles. The molecular formula is C10H20N2. The first-order valence-electron chi connectivity index (χ1n) is 5.33. The van der Waals surface area contributed by atoms with Gasteiger partial charge in [0.1, 0.15) is 0 Å². The predicted octanol–water partition coefficient (Wildman–Crippen LogP) is 1.26. The van der Waals surface area contributed by atoms with E-state index in [1.54, 1.807) is 0 Å². The standard InChI is InChI=1S/C10H20N2/c11-9-3-5-10(6-4-9)12-7-8-1-2-8/h8-10,12H,1-7,11H2. The van der Waals surface area contributed by atoms with Gasteiger partial charge in [-0.15, -0.1) is 0 Å². The van der Waals surface area contributed by atoms with Gasteiger partial charge in [-0.3, -0.25) is 0 Å². The molecule has 2 fully saturated rings. The lowest BCUT2D eigenvalue weighted by atomic mass is 9.92. The van der Waals surface area contributed by atoms with E-state index < -0.39 is 0 Å². The molecule has 0 radical (unpaired) electrons. The van der Waals surface area contributed by atoms with Gasteiger partial charge >= 0.3 is 0 Å². The zero-order valence-electron chi connectivity index (χ0n) is 7.76. The number of nitrogens with one attached hydrogen (secondary N) is 1. The molecule has 0 unspecified atom stereocenters. The second-order valence-corrected chi connectivity index (χ2v) is 4.46. The fourth-order valence-electron chi connectivity index (χ4n) is 1.98. The van der Waals surface area contributed by atoms with E-state index >= 15 is 0 Å². The van der Waals surface area contributed by atoms with Crippen LogP contribution in [0.4, 0.5) is 0 Å². The van der Waals surface area contributed by atoms with E-state index in [2.05, 4.69) is 5.32 Å². The van der Waals surface area contributed by atoms with E-state index in [1.165, 1.54) is 45.1 Å². The molecule has 0 bridgehead atoms. The van der Waals surface area contributed by atoms with E-state index in [9.17, 15) is 0 Å². The topological polar surface area (TPSA) is 38.0 Å². The van der Waals surface area contributed by atoms with E-state index in [-0.39, 0.29) is 0 Å². The normalized spacial score (nSPS) is 36.8. The highest BCUT2D eigenvalue weighted by Crippen LogP contribution is 2.28. The van der Waals surface area contributed by atoms with Crippen molar-refractivity contribution >= 4 is 0 Å². The van der Waals surface area contributed by atoms with Crippen LogP contribution in [0.25, 0.3) is 0 Å². The molecule has 0 atom stereocenters. The molecule has 2 rings (SSSR count). The highest BCUT2D eigenvalue weighted by Gasteiger charge is 2.23. The first-order valence-corrected chi connectivity index (χ1v) is 5.33. The Bertz CT molecular complexity index is 135. The molecule has 0 aromatic heterocycles. The summed E-state index contributed by atoms with van der Waals surface area (Å²) in [5.74, 6) is 1.01. The Hall–Kier alpha value is -0.0800. The van der Waals surface area contributed by atoms with Gasteiger partial charge in [-0.1, -0.05) is 0 Å². The van der Waals surface area contributed by atoms with Crippen molar-refractivity contribution in [3.63, 3.8) is 0 Å². The van der Waals surface area contributed by atoms with Crippen LogP contribution in [0.3, 0.4) is 0 Å². The van der Waals surface area contributed by atoms with Crippen LogP contribution in [0.2, 0.25) is 0 Å². The highest BCUT2D eigenvalue weighted by molar-refractivity contribution is 4.82. The van der Waals surface area contributed by atoms with Crippen molar-refractivity contribution in [1.82, 2.24) is 5.32 Å². The number of nitrogens with two attached hydrogens (primary N) is 1. The second-order valence-electron chi connectivity index (χ2n) is 4.46. The fourth-order valence-corrected chi connectivity index (χ4v) is 1.98. The van der Waals surface area contributed by atoms with Crippen molar-refractivity contribution in [2.75, 3.05) is 6.54 Å². The van der Waals surface area contributed by atoms with Crippen LogP contribution < -0.4 is 11.1 Å². The van der Waals surface area contributed by atoms with E-state index in [1.807, 2.05) is 0 Å². The summed E-state index contributed by atoms with van der Waals surface area (Å²) in [6.07, 6.45) is 7.96. The van der Waals surface area contributed by atoms with E-state index in [0.29, 0.717) is 6.04 Å². The molecule has 3 N–H and O–H groups in total. The highest BCUT2D eigenvalue weighted by atomic mass is 14.9. The Morgan fingerprint density at radius 1 is 1.00 bits per heavy atom. The zero-order valence-corrected chi connectivity index (χ0v) is 7.76. The molecule has 70 valence electrons. The van der Waals surface area contributed by atoms with Crippen LogP contribution >= 0.6 is 0 Å². The van der Waals surface area contributed by atoms with Crippen LogP contribution in [0.5, 0.6) is 0 Å². The second kappa shape index (κ2) is 3.75. The van der Waals surface area contributed by atoms with Crippen LogP contribution in [0, 0.1) is 5.92 Å². The Labute approximate surface area is 74.9 Å². The van der Waals surface area contributed by atoms with Crippen LogP contribution in [-0.4, -0.2) is 18.6 Å². The molecule has 0 spiro atoms. The smallest absolute Gasteiger partial charge is 0.00683 e. The maximum Gasteiger partial charge on any atom is 0.00683 e. The molecule has 0 aromatic rings. The van der Waals surface area contributed by atoms with Crippen molar-refractivity contribution in [1.29, 1.82) is 0 Å². The van der Waals surface area contributed by atoms with Crippen LogP contribution in [0.15, 0.2) is 0 Å². The average molecular weight is 168 g/mol. The summed E-state index contributed by atoms with van der Waals surface area (Å²) in [5, 5.41) is 3.65. The molecule has 2 aliphatic rings. The van der Waals surface area contributed by atoms with Crippen molar-refractivity contribution in [3.8, 4) is 0 Å². The van der Waals surface area contributed by atoms with E-state index in [4.69, 9.17) is 5.73 Å². The van der Waals surface area contributed by atoms with Gasteiger partial charge in [0.25, 0.3) is 0 Å². The average Bonchev–Trinajstić information content (AvgIpc) is 2.87. The number of rotatable bonds is 3. The molecule has 0 heterocycles. The Kier molecular flexibility index (Phi) is 2.66. The summed E-state index contributed by atoms with van der Waals surface area (Å²) in [7, 11) is 0. The maximum atomic E-state index is 5.84. The first kappa shape index (κ1) is 8.52. The minimum atomic E-state index is 0.490. The molecule has 2 saturated carbocycles. The molecule has 0 amide bonds. The first-order chi connectivity index (χ1) is 5.84. The molecule has 12 heavy (non-hydrogen) atoms. The predicted molar refractivity (Wildman–Crippen MR) is 51.0 cm³/mol. The minimum absolute atomic E-state index is 0.490. The van der Waals surface area contributed by atoms with Gasteiger partial charge in [0.05, 0.1) is 0 Å². The third-order valence-electron chi connectivity index (χ3n) is 3.16. The van der Waals surface area contributed by atoms with Gasteiger partial charge in [-0.05, 0) is 51.0 Å². The Morgan fingerprint density at radius 2 is 1.67 bits per heavy atom. The van der Waals surface area contributed by atoms with Gasteiger partial charge < -0.3 is 11.1 Å². The van der Waals surface area contributed by atoms with Gasteiger partial charge in [0.2, 0.25) is 0 Å². The third-order valence-corrected chi connectivity index (χ3v) is 3.16. The monoisotopic (exact) mass is 168 g/mol. The zero-order chi connectivity index (χ0) is 8.39. The number of hydrogen-bond donors (Lipinski definition) is 2. The SMILES string of the molecule is NC1CCC(NCC2CC2)CC1. The minimum Gasteiger partial charge on any atom is -0.328 e.